The van der Waals surface area contributed by atoms with E-state index in [-0.39, 0.29) is 22.2 Å². The predicted molar refractivity (Wildman–Crippen MR) is 106 cm³/mol. The van der Waals surface area contributed by atoms with Crippen LogP contribution in [-0.2, 0) is 4.74 Å². The fourth-order valence-corrected chi connectivity index (χ4v) is 4.85. The van der Waals surface area contributed by atoms with Gasteiger partial charge in [0.2, 0.25) is 0 Å². The maximum atomic E-state index is 12.6. The zero-order valence-corrected chi connectivity index (χ0v) is 16.8. The summed E-state index contributed by atoms with van der Waals surface area (Å²) >= 11 is 13.4. The fraction of sp³-hybridized carbons (Fsp3) is 0.471. The van der Waals surface area contributed by atoms with Crippen molar-refractivity contribution in [1.82, 2.24) is 15.0 Å². The molecule has 27 heavy (non-hydrogen) atoms. The fourth-order valence-electron chi connectivity index (χ4n) is 3.61. The molecule has 3 N–H and O–H groups in total. The van der Waals surface area contributed by atoms with E-state index in [2.05, 4.69) is 15.0 Å². The molecule has 0 aliphatic carbocycles. The molecule has 2 aromatic heterocycles. The van der Waals surface area contributed by atoms with Crippen molar-refractivity contribution in [3.05, 3.63) is 39.0 Å². The molecule has 0 aromatic carbocycles. The van der Waals surface area contributed by atoms with Crippen molar-refractivity contribution < 1.29 is 4.74 Å². The first kappa shape index (κ1) is 19.0. The van der Waals surface area contributed by atoms with Gasteiger partial charge in [0.1, 0.15) is 5.15 Å². The van der Waals surface area contributed by atoms with Crippen LogP contribution >= 0.6 is 35.0 Å². The average Bonchev–Trinajstić information content (AvgIpc) is 3.00. The molecule has 7 nitrogen and oxygen atoms in total. The van der Waals surface area contributed by atoms with Gasteiger partial charge in [-0.2, -0.15) is 0 Å². The van der Waals surface area contributed by atoms with Crippen LogP contribution in [0, 0.1) is 5.41 Å². The minimum Gasteiger partial charge on any atom is -0.379 e. The van der Waals surface area contributed by atoms with E-state index in [1.165, 1.54) is 11.8 Å². The minimum atomic E-state index is -0.223. The Morgan fingerprint density at radius 3 is 2.78 bits per heavy atom. The van der Waals surface area contributed by atoms with Gasteiger partial charge in [-0.15, -0.1) is 0 Å². The van der Waals surface area contributed by atoms with E-state index in [4.69, 9.17) is 33.7 Å². The highest BCUT2D eigenvalue weighted by Crippen LogP contribution is 2.39. The molecule has 0 radical (unpaired) electrons. The first-order valence-electron chi connectivity index (χ1n) is 8.64. The number of halogens is 2. The van der Waals surface area contributed by atoms with Crippen LogP contribution in [0.4, 0.5) is 5.82 Å². The molecule has 0 bridgehead atoms. The van der Waals surface area contributed by atoms with Gasteiger partial charge in [0, 0.05) is 35.6 Å². The lowest BCUT2D eigenvalue weighted by Crippen LogP contribution is -2.50. The van der Waals surface area contributed by atoms with Crippen LogP contribution in [0.2, 0.25) is 10.2 Å². The van der Waals surface area contributed by atoms with E-state index in [0.29, 0.717) is 34.0 Å². The van der Waals surface area contributed by atoms with Crippen LogP contribution < -0.4 is 16.2 Å². The summed E-state index contributed by atoms with van der Waals surface area (Å²) in [6, 6.07) is 1.81. The Morgan fingerprint density at radius 1 is 1.33 bits per heavy atom. The SMILES string of the molecule is NC1COCC12CCN(c1ncc(Sc3ccnc(Cl)c3Cl)[nH]c1=O)CC2. The maximum Gasteiger partial charge on any atom is 0.291 e. The molecule has 2 aromatic rings. The maximum absolute atomic E-state index is 12.6. The highest BCUT2D eigenvalue weighted by atomic mass is 35.5. The van der Waals surface area contributed by atoms with Gasteiger partial charge in [-0.05, 0) is 18.9 Å². The molecule has 2 aliphatic rings. The number of nitrogens with two attached hydrogens (primary N) is 1. The van der Waals surface area contributed by atoms with Gasteiger partial charge >= 0.3 is 0 Å². The topological polar surface area (TPSA) is 97.1 Å². The van der Waals surface area contributed by atoms with E-state index in [9.17, 15) is 4.79 Å². The van der Waals surface area contributed by atoms with Crippen molar-refractivity contribution in [3.63, 3.8) is 0 Å². The summed E-state index contributed by atoms with van der Waals surface area (Å²) in [6.07, 6.45) is 5.01. The molecule has 4 heterocycles. The number of ether oxygens (including phenoxy) is 1. The summed E-state index contributed by atoms with van der Waals surface area (Å²) < 4.78 is 5.55. The summed E-state index contributed by atoms with van der Waals surface area (Å²) in [6.45, 7) is 2.81. The molecule has 1 spiro atoms. The molecule has 2 saturated heterocycles. The molecule has 2 aliphatic heterocycles. The largest absolute Gasteiger partial charge is 0.379 e. The van der Waals surface area contributed by atoms with Gasteiger partial charge in [0.25, 0.3) is 5.56 Å². The van der Waals surface area contributed by atoms with Gasteiger partial charge in [-0.25, -0.2) is 9.97 Å². The zero-order chi connectivity index (χ0) is 19.0. The Labute approximate surface area is 170 Å². The number of hydrogen-bond acceptors (Lipinski definition) is 7. The van der Waals surface area contributed by atoms with E-state index in [1.54, 1.807) is 18.5 Å². The van der Waals surface area contributed by atoms with Crippen LogP contribution in [0.1, 0.15) is 12.8 Å². The Hall–Kier alpha value is -1.32. The van der Waals surface area contributed by atoms with Gasteiger partial charge in [-0.1, -0.05) is 35.0 Å². The lowest BCUT2D eigenvalue weighted by Gasteiger charge is -2.40. The molecule has 0 amide bonds. The third-order valence-corrected chi connectivity index (χ3v) is 7.17. The number of piperidine rings is 1. The highest BCUT2D eigenvalue weighted by molar-refractivity contribution is 7.99. The molecule has 1 atom stereocenters. The number of hydrogen-bond donors (Lipinski definition) is 2. The van der Waals surface area contributed by atoms with E-state index < -0.39 is 0 Å². The molecule has 4 rings (SSSR count). The van der Waals surface area contributed by atoms with Crippen molar-refractivity contribution in [1.29, 1.82) is 0 Å². The number of rotatable bonds is 3. The summed E-state index contributed by atoms with van der Waals surface area (Å²) in [4.78, 5) is 26.5. The molecule has 1 unspecified atom stereocenters. The normalized spacial score (nSPS) is 21.7. The Bertz CT molecular complexity index is 901. The van der Waals surface area contributed by atoms with Crippen LogP contribution in [0.3, 0.4) is 0 Å². The second-order valence-corrected chi connectivity index (χ2v) is 8.71. The molecular formula is C17H19Cl2N5O2S. The number of pyridine rings is 1. The summed E-state index contributed by atoms with van der Waals surface area (Å²) in [5, 5.41) is 1.17. The van der Waals surface area contributed by atoms with E-state index >= 15 is 0 Å². The minimum absolute atomic E-state index is 0.0381. The van der Waals surface area contributed by atoms with Gasteiger partial charge in [0.05, 0.1) is 29.5 Å². The quantitative estimate of drug-likeness (QED) is 0.726. The standard InChI is InChI=1S/C17H19Cl2N5O2S/c18-13-10(1-4-21-14(13)19)27-12-7-22-15(16(25)23-12)24-5-2-17(3-6-24)9-26-8-11(17)20/h1,4,7,11H,2-3,5-6,8-9,20H2,(H,23,25). The van der Waals surface area contributed by atoms with Crippen molar-refractivity contribution in [3.8, 4) is 0 Å². The molecular weight excluding hydrogens is 409 g/mol. The number of H-pyrrole nitrogens is 1. The number of nitrogens with one attached hydrogen (secondary N) is 1. The summed E-state index contributed by atoms with van der Waals surface area (Å²) in [5.74, 6) is 0.431. The Balaban J connectivity index is 1.48. The number of nitrogens with zero attached hydrogens (tertiary/aromatic N) is 3. The van der Waals surface area contributed by atoms with Gasteiger partial charge < -0.3 is 20.4 Å². The summed E-state index contributed by atoms with van der Waals surface area (Å²) in [5.41, 5.74) is 6.04. The van der Waals surface area contributed by atoms with E-state index in [1.807, 2.05) is 4.90 Å². The third-order valence-electron chi connectivity index (χ3n) is 5.31. The van der Waals surface area contributed by atoms with Crippen LogP contribution in [0.25, 0.3) is 0 Å². The molecule has 2 fully saturated rings. The summed E-state index contributed by atoms with van der Waals surface area (Å²) in [7, 11) is 0. The Morgan fingerprint density at radius 2 is 2.11 bits per heavy atom. The zero-order valence-electron chi connectivity index (χ0n) is 14.5. The van der Waals surface area contributed by atoms with Crippen LogP contribution in [0.15, 0.2) is 33.2 Å². The highest BCUT2D eigenvalue weighted by Gasteiger charge is 2.44. The first-order valence-corrected chi connectivity index (χ1v) is 10.2. The average molecular weight is 428 g/mol. The predicted octanol–water partition coefficient (Wildman–Crippen LogP) is 2.57. The second-order valence-electron chi connectivity index (χ2n) is 6.89. The number of anilines is 1. The van der Waals surface area contributed by atoms with Crippen molar-refractivity contribution in [2.75, 3.05) is 31.2 Å². The smallest absolute Gasteiger partial charge is 0.291 e. The number of aromatic nitrogens is 3. The lowest BCUT2D eigenvalue weighted by molar-refractivity contribution is 0.131. The van der Waals surface area contributed by atoms with Crippen molar-refractivity contribution in [2.24, 2.45) is 11.1 Å². The first-order chi connectivity index (χ1) is 13.0. The molecule has 144 valence electrons. The van der Waals surface area contributed by atoms with Crippen LogP contribution in [-0.4, -0.2) is 47.3 Å². The number of aromatic amines is 1. The molecule has 0 saturated carbocycles. The lowest BCUT2D eigenvalue weighted by atomic mass is 9.75. The second kappa shape index (κ2) is 7.60. The third kappa shape index (κ3) is 3.69. The Kier molecular flexibility index (Phi) is 5.35. The van der Waals surface area contributed by atoms with Gasteiger partial charge in [-0.3, -0.25) is 4.79 Å². The molecule has 10 heteroatoms. The van der Waals surface area contributed by atoms with Gasteiger partial charge in [0.15, 0.2) is 5.82 Å². The van der Waals surface area contributed by atoms with Crippen molar-refractivity contribution in [2.45, 2.75) is 28.8 Å². The van der Waals surface area contributed by atoms with E-state index in [0.717, 1.165) is 25.9 Å². The monoisotopic (exact) mass is 427 g/mol. The van der Waals surface area contributed by atoms with Crippen LogP contribution in [0.5, 0.6) is 0 Å². The van der Waals surface area contributed by atoms with Crippen molar-refractivity contribution >= 4 is 40.8 Å².